The normalized spacial score (nSPS) is 11.4. The van der Waals surface area contributed by atoms with Crippen molar-refractivity contribution < 1.29 is 19.1 Å². The Labute approximate surface area is 155 Å². The number of aromatic nitrogens is 4. The average molecular weight is 369 g/mol. The SMILES string of the molecule is CC(C)(C)OC(=O)Cn1nc(C(N)=O)c2cc(Oc3cncnc3)ccc21. The minimum absolute atomic E-state index is 0.0447. The molecule has 0 aliphatic heterocycles. The van der Waals surface area contributed by atoms with Gasteiger partial charge < -0.3 is 15.2 Å². The summed E-state index contributed by atoms with van der Waals surface area (Å²) in [6.07, 6.45) is 4.41. The van der Waals surface area contributed by atoms with Crippen LogP contribution in [0, 0.1) is 0 Å². The van der Waals surface area contributed by atoms with Crippen LogP contribution in [0.4, 0.5) is 0 Å². The number of esters is 1. The number of rotatable bonds is 5. The van der Waals surface area contributed by atoms with Gasteiger partial charge in [-0.2, -0.15) is 5.10 Å². The largest absolute Gasteiger partial charge is 0.459 e. The van der Waals surface area contributed by atoms with E-state index in [0.29, 0.717) is 22.4 Å². The monoisotopic (exact) mass is 369 g/mol. The Morgan fingerprint density at radius 3 is 2.48 bits per heavy atom. The summed E-state index contributed by atoms with van der Waals surface area (Å²) in [5.41, 5.74) is 5.42. The molecular weight excluding hydrogens is 350 g/mol. The lowest BCUT2D eigenvalue weighted by Crippen LogP contribution is -2.27. The van der Waals surface area contributed by atoms with Crippen LogP contribution in [0.1, 0.15) is 31.3 Å². The first-order valence-electron chi connectivity index (χ1n) is 8.18. The maximum absolute atomic E-state index is 12.1. The highest BCUT2D eigenvalue weighted by Crippen LogP contribution is 2.27. The maximum atomic E-state index is 12.1. The van der Waals surface area contributed by atoms with Crippen LogP contribution in [0.15, 0.2) is 36.9 Å². The van der Waals surface area contributed by atoms with Crippen molar-refractivity contribution in [3.8, 4) is 11.5 Å². The molecule has 3 rings (SSSR count). The van der Waals surface area contributed by atoms with E-state index in [1.54, 1.807) is 39.0 Å². The van der Waals surface area contributed by atoms with Crippen LogP contribution >= 0.6 is 0 Å². The smallest absolute Gasteiger partial charge is 0.328 e. The molecule has 0 radical (unpaired) electrons. The number of fused-ring (bicyclic) bond motifs is 1. The molecule has 9 nitrogen and oxygen atoms in total. The van der Waals surface area contributed by atoms with Gasteiger partial charge in [0.2, 0.25) is 0 Å². The van der Waals surface area contributed by atoms with E-state index >= 15 is 0 Å². The lowest BCUT2D eigenvalue weighted by molar-refractivity contribution is -0.155. The number of ether oxygens (including phenoxy) is 2. The average Bonchev–Trinajstić information content (AvgIpc) is 2.92. The van der Waals surface area contributed by atoms with Gasteiger partial charge in [-0.3, -0.25) is 14.3 Å². The van der Waals surface area contributed by atoms with Crippen molar-refractivity contribution in [2.45, 2.75) is 32.9 Å². The number of carbonyl (C=O) groups is 2. The fourth-order valence-electron chi connectivity index (χ4n) is 2.49. The van der Waals surface area contributed by atoms with Crippen molar-refractivity contribution in [1.82, 2.24) is 19.7 Å². The van der Waals surface area contributed by atoms with Gasteiger partial charge in [0.1, 0.15) is 24.2 Å². The molecule has 0 saturated carbocycles. The molecule has 0 unspecified atom stereocenters. The van der Waals surface area contributed by atoms with Crippen LogP contribution in [-0.4, -0.2) is 37.2 Å². The Hall–Kier alpha value is -3.49. The second-order valence-corrected chi connectivity index (χ2v) is 6.81. The second-order valence-electron chi connectivity index (χ2n) is 6.81. The third-order valence-corrected chi connectivity index (χ3v) is 3.43. The first-order valence-corrected chi connectivity index (χ1v) is 8.18. The van der Waals surface area contributed by atoms with Gasteiger partial charge in [0.15, 0.2) is 11.4 Å². The van der Waals surface area contributed by atoms with Gasteiger partial charge in [-0.25, -0.2) is 9.97 Å². The molecule has 0 atom stereocenters. The molecule has 2 heterocycles. The summed E-state index contributed by atoms with van der Waals surface area (Å²) < 4.78 is 12.4. The second kappa shape index (κ2) is 7.02. The number of amides is 1. The van der Waals surface area contributed by atoms with E-state index in [2.05, 4.69) is 15.1 Å². The van der Waals surface area contributed by atoms with Crippen LogP contribution in [0.2, 0.25) is 0 Å². The zero-order chi connectivity index (χ0) is 19.6. The highest BCUT2D eigenvalue weighted by atomic mass is 16.6. The molecule has 0 spiro atoms. The lowest BCUT2D eigenvalue weighted by atomic mass is 10.2. The third-order valence-electron chi connectivity index (χ3n) is 3.43. The minimum atomic E-state index is -0.705. The summed E-state index contributed by atoms with van der Waals surface area (Å²) in [5, 5.41) is 4.64. The number of nitrogens with zero attached hydrogens (tertiary/aromatic N) is 4. The number of benzene rings is 1. The molecule has 0 fully saturated rings. The summed E-state index contributed by atoms with van der Waals surface area (Å²) in [6.45, 7) is 5.18. The first kappa shape index (κ1) is 18.3. The highest BCUT2D eigenvalue weighted by molar-refractivity contribution is 6.04. The van der Waals surface area contributed by atoms with Gasteiger partial charge in [0, 0.05) is 5.39 Å². The molecule has 1 amide bonds. The van der Waals surface area contributed by atoms with Crippen molar-refractivity contribution in [2.75, 3.05) is 0 Å². The minimum Gasteiger partial charge on any atom is -0.459 e. The quantitative estimate of drug-likeness (QED) is 0.683. The zero-order valence-electron chi connectivity index (χ0n) is 15.2. The Bertz CT molecular complexity index is 992. The molecular formula is C18H19N5O4. The molecule has 9 heteroatoms. The fraction of sp³-hybridized carbons (Fsp3) is 0.278. The summed E-state index contributed by atoms with van der Waals surface area (Å²) in [5.74, 6) is -0.275. The van der Waals surface area contributed by atoms with Crippen LogP contribution < -0.4 is 10.5 Å². The van der Waals surface area contributed by atoms with Crippen LogP contribution in [0.5, 0.6) is 11.5 Å². The Balaban J connectivity index is 1.95. The van der Waals surface area contributed by atoms with Crippen LogP contribution in [-0.2, 0) is 16.1 Å². The summed E-state index contributed by atoms with van der Waals surface area (Å²) >= 11 is 0. The van der Waals surface area contributed by atoms with Crippen molar-refractivity contribution in [1.29, 1.82) is 0 Å². The van der Waals surface area contributed by atoms with E-state index in [4.69, 9.17) is 15.2 Å². The lowest BCUT2D eigenvalue weighted by Gasteiger charge is -2.19. The summed E-state index contributed by atoms with van der Waals surface area (Å²) in [7, 11) is 0. The third kappa shape index (κ3) is 4.38. The zero-order valence-corrected chi connectivity index (χ0v) is 15.2. The molecule has 3 aromatic rings. The summed E-state index contributed by atoms with van der Waals surface area (Å²) in [4.78, 5) is 31.7. The molecule has 1 aromatic carbocycles. The molecule has 140 valence electrons. The topological polar surface area (TPSA) is 122 Å². The Kier molecular flexibility index (Phi) is 4.76. The maximum Gasteiger partial charge on any atom is 0.328 e. The van der Waals surface area contributed by atoms with Crippen LogP contribution in [0.25, 0.3) is 10.9 Å². The van der Waals surface area contributed by atoms with Crippen molar-refractivity contribution in [3.63, 3.8) is 0 Å². The molecule has 0 aliphatic rings. The molecule has 27 heavy (non-hydrogen) atoms. The van der Waals surface area contributed by atoms with E-state index in [1.165, 1.54) is 23.4 Å². The molecule has 2 N–H and O–H groups in total. The molecule has 0 aliphatic carbocycles. The molecule has 2 aromatic heterocycles. The van der Waals surface area contributed by atoms with Gasteiger partial charge >= 0.3 is 5.97 Å². The number of hydrogen-bond donors (Lipinski definition) is 1. The highest BCUT2D eigenvalue weighted by Gasteiger charge is 2.21. The standard InChI is InChI=1S/C18H19N5O4/c1-18(2,3)27-15(24)9-23-14-5-4-11(26-12-7-20-10-21-8-12)6-13(14)16(22-23)17(19)25/h4-8,10H,9H2,1-3H3,(H2,19,25). The predicted octanol–water partition coefficient (Wildman–Crippen LogP) is 2.06. The predicted molar refractivity (Wildman–Crippen MR) is 96.2 cm³/mol. The van der Waals surface area contributed by atoms with E-state index < -0.39 is 17.5 Å². The van der Waals surface area contributed by atoms with Crippen molar-refractivity contribution in [3.05, 3.63) is 42.6 Å². The van der Waals surface area contributed by atoms with Gasteiger partial charge in [0.25, 0.3) is 5.91 Å². The Morgan fingerprint density at radius 2 is 1.85 bits per heavy atom. The molecule has 0 bridgehead atoms. The van der Waals surface area contributed by atoms with E-state index in [9.17, 15) is 9.59 Å². The van der Waals surface area contributed by atoms with Gasteiger partial charge in [0.05, 0.1) is 17.9 Å². The number of nitrogens with two attached hydrogens (primary N) is 1. The first-order chi connectivity index (χ1) is 12.7. The Morgan fingerprint density at radius 1 is 1.15 bits per heavy atom. The van der Waals surface area contributed by atoms with Gasteiger partial charge in [-0.1, -0.05) is 0 Å². The molecule has 0 saturated heterocycles. The van der Waals surface area contributed by atoms with Crippen LogP contribution in [0.3, 0.4) is 0 Å². The van der Waals surface area contributed by atoms with E-state index in [0.717, 1.165) is 0 Å². The fourth-order valence-corrected chi connectivity index (χ4v) is 2.49. The van der Waals surface area contributed by atoms with E-state index in [1.807, 2.05) is 0 Å². The number of hydrogen-bond acceptors (Lipinski definition) is 7. The number of primary amides is 1. The van der Waals surface area contributed by atoms with E-state index in [-0.39, 0.29) is 12.2 Å². The number of carbonyl (C=O) groups excluding carboxylic acids is 2. The van der Waals surface area contributed by atoms with Gasteiger partial charge in [-0.05, 0) is 39.0 Å². The van der Waals surface area contributed by atoms with Crippen molar-refractivity contribution >= 4 is 22.8 Å². The summed E-state index contributed by atoms with van der Waals surface area (Å²) in [6, 6.07) is 5.01. The van der Waals surface area contributed by atoms with Crippen molar-refractivity contribution in [2.24, 2.45) is 5.73 Å². The van der Waals surface area contributed by atoms with Gasteiger partial charge in [-0.15, -0.1) is 0 Å².